The van der Waals surface area contributed by atoms with Gasteiger partial charge >= 0.3 is 0 Å². The van der Waals surface area contributed by atoms with Crippen molar-refractivity contribution in [2.24, 2.45) is 7.05 Å². The highest BCUT2D eigenvalue weighted by atomic mass is 127. The molecule has 0 amide bonds. The summed E-state index contributed by atoms with van der Waals surface area (Å²) in [6, 6.07) is 32.9. The number of aromatic nitrogens is 4. The van der Waals surface area contributed by atoms with Gasteiger partial charge in [0.25, 0.3) is 0 Å². The summed E-state index contributed by atoms with van der Waals surface area (Å²) in [5, 5.41) is 2.14. The van der Waals surface area contributed by atoms with E-state index in [0.717, 1.165) is 54.5 Å². The van der Waals surface area contributed by atoms with Crippen LogP contribution in [0.4, 0.5) is 0 Å². The van der Waals surface area contributed by atoms with Gasteiger partial charge in [-0.25, -0.2) is 13.9 Å². The third-order valence-electron chi connectivity index (χ3n) is 6.35. The summed E-state index contributed by atoms with van der Waals surface area (Å²) in [6.45, 7) is 0. The maximum atomic E-state index is 5.30. The number of fused-ring (bicyclic) bond motifs is 2. The van der Waals surface area contributed by atoms with Crippen molar-refractivity contribution in [1.82, 2.24) is 18.5 Å². The predicted octanol–water partition coefficient (Wildman–Crippen LogP) is 10.9. The van der Waals surface area contributed by atoms with Crippen LogP contribution < -0.4 is 4.89 Å². The first-order valence-corrected chi connectivity index (χ1v) is 17.4. The molecule has 240 valence electrons. The molecule has 0 spiro atoms. The number of para-hydroxylation sites is 1. The van der Waals surface area contributed by atoms with Crippen molar-refractivity contribution in [3.05, 3.63) is 157 Å². The summed E-state index contributed by atoms with van der Waals surface area (Å²) in [6.07, 6.45) is 12.6. The Kier molecular flexibility index (Phi) is 14.2. The Balaban J connectivity index is 0.000000203. The van der Waals surface area contributed by atoms with E-state index in [9.17, 15) is 0 Å². The lowest BCUT2D eigenvalue weighted by atomic mass is 10.2. The highest BCUT2D eigenvalue weighted by Crippen LogP contribution is 2.27. The number of halogens is 3. The molecule has 0 atom stereocenters. The minimum atomic E-state index is 0. The van der Waals surface area contributed by atoms with E-state index in [1.54, 1.807) is 10.2 Å². The van der Waals surface area contributed by atoms with Crippen molar-refractivity contribution in [3.8, 4) is 29.9 Å². The Morgan fingerprint density at radius 3 is 1.92 bits per heavy atom. The first-order chi connectivity index (χ1) is 22.9. The third kappa shape index (κ3) is 10.2. The van der Waals surface area contributed by atoms with Crippen molar-refractivity contribution >= 4 is 88.7 Å². The van der Waals surface area contributed by atoms with Crippen molar-refractivity contribution in [2.45, 2.75) is 7.43 Å². The number of aryl methyl sites for hydroxylation is 1. The van der Waals surface area contributed by atoms with E-state index in [2.05, 4.69) is 94.4 Å². The lowest BCUT2D eigenvalue weighted by molar-refractivity contribution is -0.0785. The number of pyridine rings is 2. The third-order valence-corrected chi connectivity index (χ3v) is 8.64. The average molecular weight is 892 g/mol. The minimum absolute atomic E-state index is 0. The van der Waals surface area contributed by atoms with Crippen LogP contribution in [0.3, 0.4) is 0 Å². The zero-order valence-corrected chi connectivity index (χ0v) is 31.0. The van der Waals surface area contributed by atoms with Crippen LogP contribution in [0.25, 0.3) is 22.1 Å². The number of benzene rings is 3. The Morgan fingerprint density at radius 1 is 0.750 bits per heavy atom. The van der Waals surface area contributed by atoms with Gasteiger partial charge < -0.3 is 9.45 Å². The van der Waals surface area contributed by atoms with Gasteiger partial charge in [0.15, 0.2) is 23.6 Å². The van der Waals surface area contributed by atoms with Gasteiger partial charge in [-0.1, -0.05) is 84.1 Å². The number of rotatable bonds is 4. The molecule has 0 saturated heterocycles. The molecule has 7 aromatic rings. The molecule has 0 aliphatic carbocycles. The highest BCUT2D eigenvalue weighted by molar-refractivity contribution is 14.1. The topological polar surface area (TPSA) is 54.1 Å². The molecule has 48 heavy (non-hydrogen) atoms. The van der Waals surface area contributed by atoms with Gasteiger partial charge in [0.05, 0.1) is 5.56 Å². The van der Waals surface area contributed by atoms with Crippen LogP contribution in [-0.2, 0) is 11.4 Å². The van der Waals surface area contributed by atoms with E-state index in [0.29, 0.717) is 5.75 Å². The summed E-state index contributed by atoms with van der Waals surface area (Å²) in [7, 11) is 2.01. The van der Waals surface area contributed by atoms with Crippen molar-refractivity contribution in [3.63, 3.8) is 0 Å². The SMILES string of the molecule is Brc1cnc2c(c1)c(C#Cc1ccccc1)cn2SOOc1ccccc1.C.C#Cc1ccccc1.Cn1cc(I)c2cc(Br)cnc21. The molecule has 0 aliphatic rings. The quantitative estimate of drug-likeness (QED) is 0.0579. The predicted molar refractivity (Wildman–Crippen MR) is 213 cm³/mol. The molecule has 0 saturated carbocycles. The minimum Gasteiger partial charge on any atom is -0.334 e. The van der Waals surface area contributed by atoms with Crippen LogP contribution in [0.15, 0.2) is 137 Å². The highest BCUT2D eigenvalue weighted by Gasteiger charge is 2.11. The van der Waals surface area contributed by atoms with Crippen LogP contribution in [0.2, 0.25) is 0 Å². The average Bonchev–Trinajstić information content (AvgIpc) is 3.59. The molecular formula is C38H29Br2IN4O2S. The van der Waals surface area contributed by atoms with Gasteiger partial charge in [0.2, 0.25) is 0 Å². The molecule has 4 aromatic heterocycles. The second kappa shape index (κ2) is 18.5. The van der Waals surface area contributed by atoms with Crippen LogP contribution in [0.5, 0.6) is 5.75 Å². The molecule has 6 nitrogen and oxygen atoms in total. The van der Waals surface area contributed by atoms with Gasteiger partial charge in [-0.2, -0.15) is 0 Å². The molecule has 0 fully saturated rings. The standard InChI is InChI=1S/C21H13BrN2O2S.C8H6BrIN2.C8H6.CH4/c22-18-13-20-17(12-11-16-7-3-1-4-8-16)15-24(21(20)23-14-18)27-26-25-19-9-5-2-6-10-19;1-12-4-7(10)6-2-5(9)3-11-8(6)12;1-2-8-6-4-3-5-7-8;/h1-10,13-15H;2-4H,1H3;1,3-7H;1H4. The van der Waals surface area contributed by atoms with E-state index < -0.39 is 0 Å². The smallest absolute Gasteiger partial charge is 0.170 e. The fraction of sp³-hybridized carbons (Fsp3) is 0.0526. The van der Waals surface area contributed by atoms with E-state index in [-0.39, 0.29) is 7.43 Å². The lowest BCUT2D eigenvalue weighted by Gasteiger charge is -2.03. The first kappa shape index (κ1) is 36.8. The van der Waals surface area contributed by atoms with Crippen LogP contribution in [-0.4, -0.2) is 18.5 Å². The zero-order valence-electron chi connectivity index (χ0n) is 24.8. The van der Waals surface area contributed by atoms with E-state index >= 15 is 0 Å². The van der Waals surface area contributed by atoms with Gasteiger partial charge in [-0.3, -0.25) is 0 Å². The summed E-state index contributed by atoms with van der Waals surface area (Å²) >= 11 is 10.2. The van der Waals surface area contributed by atoms with Crippen LogP contribution >= 0.6 is 66.7 Å². The fourth-order valence-electron chi connectivity index (χ4n) is 4.16. The van der Waals surface area contributed by atoms with Crippen LogP contribution in [0, 0.1) is 27.8 Å². The summed E-state index contributed by atoms with van der Waals surface area (Å²) in [4.78, 5) is 14.1. The molecule has 4 heterocycles. The molecule has 0 N–H and O–H groups in total. The van der Waals surface area contributed by atoms with Gasteiger partial charge in [0.1, 0.15) is 5.65 Å². The fourth-order valence-corrected chi connectivity index (χ4v) is 6.17. The number of nitrogens with zero attached hydrogens (tertiary/aromatic N) is 4. The van der Waals surface area contributed by atoms with E-state index in [1.807, 2.05) is 121 Å². The molecule has 0 radical (unpaired) electrons. The Hall–Kier alpha value is -4.04. The van der Waals surface area contributed by atoms with Gasteiger partial charge in [-0.15, -0.1) is 6.42 Å². The normalized spacial score (nSPS) is 9.90. The van der Waals surface area contributed by atoms with E-state index in [1.165, 1.54) is 8.96 Å². The van der Waals surface area contributed by atoms with Crippen molar-refractivity contribution in [1.29, 1.82) is 0 Å². The van der Waals surface area contributed by atoms with E-state index in [4.69, 9.17) is 15.6 Å². The Labute approximate surface area is 315 Å². The molecule has 0 unspecified atom stereocenters. The maximum absolute atomic E-state index is 5.30. The first-order valence-electron chi connectivity index (χ1n) is 14.0. The zero-order chi connectivity index (χ0) is 33.0. The number of hydrogen-bond donors (Lipinski definition) is 0. The van der Waals surface area contributed by atoms with Crippen molar-refractivity contribution in [2.75, 3.05) is 0 Å². The largest absolute Gasteiger partial charge is 0.334 e. The monoisotopic (exact) mass is 890 g/mol. The lowest BCUT2D eigenvalue weighted by Crippen LogP contribution is -1.94. The second-order valence-corrected chi connectivity index (χ2v) is 13.3. The molecule has 7 rings (SSSR count). The van der Waals surface area contributed by atoms with Gasteiger partial charge in [-0.05, 0) is 103 Å². The maximum Gasteiger partial charge on any atom is 0.170 e. The Morgan fingerprint density at radius 2 is 1.31 bits per heavy atom. The molecule has 0 aliphatic heterocycles. The summed E-state index contributed by atoms with van der Waals surface area (Å²) < 4.78 is 12.3. The van der Waals surface area contributed by atoms with Crippen molar-refractivity contribution < 1.29 is 9.22 Å². The number of terminal acetylenes is 1. The Bertz CT molecular complexity index is 2190. The molecule has 0 bridgehead atoms. The van der Waals surface area contributed by atoms with Gasteiger partial charge in [0, 0.05) is 66.3 Å². The summed E-state index contributed by atoms with van der Waals surface area (Å²) in [5.41, 5.74) is 4.53. The molecule has 3 aromatic carbocycles. The molecular weight excluding hydrogens is 863 g/mol. The van der Waals surface area contributed by atoms with Crippen LogP contribution in [0.1, 0.15) is 24.1 Å². The second-order valence-electron chi connectivity index (χ2n) is 9.67. The number of hydrogen-bond acceptors (Lipinski definition) is 5. The summed E-state index contributed by atoms with van der Waals surface area (Å²) in [5.74, 6) is 9.55. The molecule has 10 heteroatoms.